The summed E-state index contributed by atoms with van der Waals surface area (Å²) in [6, 6.07) is 5.56. The van der Waals surface area contributed by atoms with E-state index in [0.29, 0.717) is 16.9 Å². The van der Waals surface area contributed by atoms with Crippen LogP contribution >= 0.6 is 10.7 Å². The number of halogens is 1. The lowest BCUT2D eigenvalue weighted by atomic mass is 10.2. The fourth-order valence-electron chi connectivity index (χ4n) is 1.48. The van der Waals surface area contributed by atoms with Gasteiger partial charge in [0, 0.05) is 22.1 Å². The highest BCUT2D eigenvalue weighted by Gasteiger charge is 2.12. The lowest BCUT2D eigenvalue weighted by molar-refractivity contribution is 0.102. The number of aromatic amines is 1. The molecule has 1 heterocycles. The molecule has 0 unspecified atom stereocenters. The third kappa shape index (κ3) is 3.12. The molecule has 0 bridgehead atoms. The SMILES string of the molecule is Cc1[nH]ncc1C(=O)Nc1ccc(S(=O)(=O)Cl)cc1. The van der Waals surface area contributed by atoms with Crippen molar-refractivity contribution in [3.8, 4) is 0 Å². The summed E-state index contributed by atoms with van der Waals surface area (Å²) in [4.78, 5) is 11.8. The van der Waals surface area contributed by atoms with Gasteiger partial charge in [-0.2, -0.15) is 5.10 Å². The fourth-order valence-corrected chi connectivity index (χ4v) is 2.25. The highest BCUT2D eigenvalue weighted by atomic mass is 35.7. The van der Waals surface area contributed by atoms with Gasteiger partial charge >= 0.3 is 0 Å². The molecule has 1 amide bonds. The molecule has 1 aromatic heterocycles. The lowest BCUT2D eigenvalue weighted by Gasteiger charge is -2.04. The van der Waals surface area contributed by atoms with Gasteiger partial charge in [-0.15, -0.1) is 0 Å². The van der Waals surface area contributed by atoms with Gasteiger partial charge in [0.15, 0.2) is 0 Å². The van der Waals surface area contributed by atoms with Gasteiger partial charge in [-0.3, -0.25) is 9.89 Å². The van der Waals surface area contributed by atoms with Gasteiger partial charge in [-0.05, 0) is 31.2 Å². The Balaban J connectivity index is 2.17. The van der Waals surface area contributed by atoms with Crippen LogP contribution in [-0.4, -0.2) is 24.5 Å². The predicted molar refractivity (Wildman–Crippen MR) is 70.8 cm³/mol. The molecule has 0 radical (unpaired) electrons. The van der Waals surface area contributed by atoms with Gasteiger partial charge in [0.25, 0.3) is 15.0 Å². The number of carbonyl (C=O) groups excluding carboxylic acids is 1. The average Bonchev–Trinajstić information content (AvgIpc) is 2.75. The summed E-state index contributed by atoms with van der Waals surface area (Å²) in [6.45, 7) is 1.73. The van der Waals surface area contributed by atoms with Crippen molar-refractivity contribution in [3.05, 3.63) is 41.7 Å². The Kier molecular flexibility index (Phi) is 3.59. The number of rotatable bonds is 3. The summed E-state index contributed by atoms with van der Waals surface area (Å²) in [6.07, 6.45) is 1.42. The standard InChI is InChI=1S/C11H10ClN3O3S/c1-7-10(6-13-15-7)11(16)14-8-2-4-9(5-3-8)19(12,17)18/h2-6H,1H3,(H,13,15)(H,14,16). The smallest absolute Gasteiger partial charge is 0.261 e. The number of aromatic nitrogens is 2. The third-order valence-electron chi connectivity index (χ3n) is 2.47. The number of hydrogen-bond donors (Lipinski definition) is 2. The molecule has 8 heteroatoms. The van der Waals surface area contributed by atoms with E-state index in [2.05, 4.69) is 15.5 Å². The molecule has 0 fully saturated rings. The van der Waals surface area contributed by atoms with Crippen LogP contribution in [0.3, 0.4) is 0 Å². The predicted octanol–water partition coefficient (Wildman–Crippen LogP) is 1.90. The van der Waals surface area contributed by atoms with Gasteiger partial charge in [-0.1, -0.05) is 0 Å². The molecule has 0 aliphatic heterocycles. The molecule has 0 aliphatic rings. The number of hydrogen-bond acceptors (Lipinski definition) is 4. The number of anilines is 1. The molecule has 0 atom stereocenters. The zero-order valence-corrected chi connectivity index (χ0v) is 11.4. The number of amides is 1. The second kappa shape index (κ2) is 5.02. The van der Waals surface area contributed by atoms with Crippen molar-refractivity contribution in [3.63, 3.8) is 0 Å². The number of H-pyrrole nitrogens is 1. The van der Waals surface area contributed by atoms with Gasteiger partial charge in [0.05, 0.1) is 16.7 Å². The molecule has 2 aromatic rings. The Bertz CT molecular complexity index is 707. The van der Waals surface area contributed by atoms with Crippen LogP contribution in [0.5, 0.6) is 0 Å². The minimum Gasteiger partial charge on any atom is -0.322 e. The van der Waals surface area contributed by atoms with Gasteiger partial charge in [0.1, 0.15) is 0 Å². The summed E-state index contributed by atoms with van der Waals surface area (Å²) in [5.41, 5.74) is 1.54. The molecule has 6 nitrogen and oxygen atoms in total. The lowest BCUT2D eigenvalue weighted by Crippen LogP contribution is -2.12. The van der Waals surface area contributed by atoms with E-state index in [0.717, 1.165) is 0 Å². The van der Waals surface area contributed by atoms with Crippen LogP contribution in [0.4, 0.5) is 5.69 Å². The van der Waals surface area contributed by atoms with Crippen molar-refractivity contribution in [1.82, 2.24) is 10.2 Å². The molecule has 19 heavy (non-hydrogen) atoms. The van der Waals surface area contributed by atoms with Gasteiger partial charge < -0.3 is 5.32 Å². The van der Waals surface area contributed by atoms with Crippen LogP contribution in [0.1, 0.15) is 16.1 Å². The van der Waals surface area contributed by atoms with E-state index in [4.69, 9.17) is 10.7 Å². The second-order valence-electron chi connectivity index (χ2n) is 3.83. The number of benzene rings is 1. The number of nitrogens with zero attached hydrogens (tertiary/aromatic N) is 1. The van der Waals surface area contributed by atoms with Crippen molar-refractivity contribution in [1.29, 1.82) is 0 Å². The second-order valence-corrected chi connectivity index (χ2v) is 6.39. The maximum atomic E-state index is 11.9. The first-order valence-corrected chi connectivity index (χ1v) is 7.55. The van der Waals surface area contributed by atoms with Crippen LogP contribution in [0.25, 0.3) is 0 Å². The quantitative estimate of drug-likeness (QED) is 0.847. The van der Waals surface area contributed by atoms with E-state index in [1.165, 1.54) is 30.5 Å². The maximum absolute atomic E-state index is 11.9. The average molecular weight is 300 g/mol. The Morgan fingerprint density at radius 1 is 1.32 bits per heavy atom. The van der Waals surface area contributed by atoms with Gasteiger partial charge in [0.2, 0.25) is 0 Å². The zero-order chi connectivity index (χ0) is 14.0. The summed E-state index contributed by atoms with van der Waals surface area (Å²) < 4.78 is 22.1. The molecular formula is C11H10ClN3O3S. The molecular weight excluding hydrogens is 290 g/mol. The van der Waals surface area contributed by atoms with Crippen molar-refractivity contribution >= 4 is 31.3 Å². The van der Waals surface area contributed by atoms with E-state index < -0.39 is 9.05 Å². The Morgan fingerprint density at radius 3 is 2.42 bits per heavy atom. The topological polar surface area (TPSA) is 91.9 Å². The van der Waals surface area contributed by atoms with E-state index in [-0.39, 0.29) is 10.8 Å². The molecule has 1 aromatic carbocycles. The van der Waals surface area contributed by atoms with Crippen molar-refractivity contribution in [2.24, 2.45) is 0 Å². The molecule has 2 N–H and O–H groups in total. The van der Waals surface area contributed by atoms with Gasteiger partial charge in [-0.25, -0.2) is 8.42 Å². The first-order valence-electron chi connectivity index (χ1n) is 5.24. The number of aryl methyl sites for hydroxylation is 1. The van der Waals surface area contributed by atoms with Crippen LogP contribution < -0.4 is 5.32 Å². The fraction of sp³-hybridized carbons (Fsp3) is 0.0909. The monoisotopic (exact) mass is 299 g/mol. The minimum absolute atomic E-state index is 0.0216. The normalized spacial score (nSPS) is 11.3. The van der Waals surface area contributed by atoms with Crippen molar-refractivity contribution in [2.45, 2.75) is 11.8 Å². The first kappa shape index (κ1) is 13.6. The Hall–Kier alpha value is -1.86. The highest BCUT2D eigenvalue weighted by molar-refractivity contribution is 8.13. The molecule has 2 rings (SSSR count). The third-order valence-corrected chi connectivity index (χ3v) is 3.84. The first-order chi connectivity index (χ1) is 8.88. The summed E-state index contributed by atoms with van der Waals surface area (Å²) >= 11 is 0. The van der Waals surface area contributed by atoms with Crippen LogP contribution in [0.2, 0.25) is 0 Å². The molecule has 0 aliphatic carbocycles. The molecule has 0 saturated heterocycles. The molecule has 0 saturated carbocycles. The summed E-state index contributed by atoms with van der Waals surface area (Å²) in [5.74, 6) is -0.326. The van der Waals surface area contributed by atoms with Crippen molar-refractivity contribution < 1.29 is 13.2 Å². The maximum Gasteiger partial charge on any atom is 0.261 e. The molecule has 100 valence electrons. The van der Waals surface area contributed by atoms with E-state index in [1.807, 2.05) is 0 Å². The summed E-state index contributed by atoms with van der Waals surface area (Å²) in [7, 11) is 1.44. The largest absolute Gasteiger partial charge is 0.322 e. The van der Waals surface area contributed by atoms with E-state index >= 15 is 0 Å². The van der Waals surface area contributed by atoms with Crippen LogP contribution in [-0.2, 0) is 9.05 Å². The van der Waals surface area contributed by atoms with Crippen molar-refractivity contribution in [2.75, 3.05) is 5.32 Å². The Morgan fingerprint density at radius 2 is 1.95 bits per heavy atom. The minimum atomic E-state index is -3.75. The highest BCUT2D eigenvalue weighted by Crippen LogP contribution is 2.18. The number of carbonyl (C=O) groups is 1. The molecule has 0 spiro atoms. The van der Waals surface area contributed by atoms with Crippen LogP contribution in [0, 0.1) is 6.92 Å². The van der Waals surface area contributed by atoms with E-state index in [1.54, 1.807) is 6.92 Å². The number of nitrogens with one attached hydrogen (secondary N) is 2. The van der Waals surface area contributed by atoms with Crippen LogP contribution in [0.15, 0.2) is 35.4 Å². The Labute approximate surface area is 114 Å². The zero-order valence-electron chi connectivity index (χ0n) is 9.84. The summed E-state index contributed by atoms with van der Waals surface area (Å²) in [5, 5.41) is 9.03. The van der Waals surface area contributed by atoms with E-state index in [9.17, 15) is 13.2 Å².